The normalized spacial score (nSPS) is 12.7. The van der Waals surface area contributed by atoms with Crippen LogP contribution in [0.1, 0.15) is 25.8 Å². The Hall–Kier alpha value is -1.84. The number of benzene rings is 1. The molecule has 1 aromatic rings. The van der Waals surface area contributed by atoms with Crippen molar-refractivity contribution in [1.82, 2.24) is 0 Å². The van der Waals surface area contributed by atoms with Gasteiger partial charge in [-0.05, 0) is 37.1 Å². The molecule has 18 heavy (non-hydrogen) atoms. The third kappa shape index (κ3) is 3.58. The van der Waals surface area contributed by atoms with Crippen molar-refractivity contribution in [1.29, 1.82) is 0 Å². The van der Waals surface area contributed by atoms with Gasteiger partial charge in [-0.15, -0.1) is 0 Å². The Balaban J connectivity index is 2.96. The highest BCUT2D eigenvalue weighted by Gasteiger charge is 2.12. The Kier molecular flexibility index (Phi) is 4.89. The lowest BCUT2D eigenvalue weighted by molar-refractivity contribution is -0.131. The molecule has 0 radical (unpaired) electrons. The van der Waals surface area contributed by atoms with Gasteiger partial charge in [0.05, 0.1) is 5.69 Å². The standard InChI is InChI=1S/C14H18FNO2/c1-4-10(2)16(3)13-7-5-11(9-12(13)15)6-8-14(17)18/h5-10H,4H2,1-3H3,(H,17,18)/b8-6+. The van der Waals surface area contributed by atoms with Gasteiger partial charge in [-0.1, -0.05) is 13.0 Å². The molecule has 0 aromatic heterocycles. The third-order valence-corrected chi connectivity index (χ3v) is 3.02. The fraction of sp³-hybridized carbons (Fsp3) is 0.357. The summed E-state index contributed by atoms with van der Waals surface area (Å²) in [4.78, 5) is 12.2. The average Bonchev–Trinajstić information content (AvgIpc) is 2.34. The lowest BCUT2D eigenvalue weighted by Gasteiger charge is -2.26. The van der Waals surface area contributed by atoms with E-state index in [9.17, 15) is 9.18 Å². The smallest absolute Gasteiger partial charge is 0.328 e. The highest BCUT2D eigenvalue weighted by Crippen LogP contribution is 2.22. The van der Waals surface area contributed by atoms with E-state index in [-0.39, 0.29) is 11.9 Å². The molecule has 4 heteroatoms. The first-order valence-corrected chi connectivity index (χ1v) is 5.89. The summed E-state index contributed by atoms with van der Waals surface area (Å²) in [5.41, 5.74) is 1.06. The van der Waals surface area contributed by atoms with Gasteiger partial charge in [0.2, 0.25) is 0 Å². The van der Waals surface area contributed by atoms with Gasteiger partial charge in [0.15, 0.2) is 0 Å². The number of carboxylic acids is 1. The van der Waals surface area contributed by atoms with Gasteiger partial charge in [-0.2, -0.15) is 0 Å². The number of carboxylic acid groups (broad SMARTS) is 1. The maximum Gasteiger partial charge on any atom is 0.328 e. The average molecular weight is 251 g/mol. The van der Waals surface area contributed by atoms with E-state index in [1.165, 1.54) is 12.1 Å². The molecule has 0 saturated heterocycles. The van der Waals surface area contributed by atoms with E-state index in [0.717, 1.165) is 12.5 Å². The van der Waals surface area contributed by atoms with Gasteiger partial charge in [-0.3, -0.25) is 0 Å². The van der Waals surface area contributed by atoms with Crippen LogP contribution in [-0.4, -0.2) is 24.2 Å². The van der Waals surface area contributed by atoms with Gasteiger partial charge in [0.25, 0.3) is 0 Å². The van der Waals surface area contributed by atoms with Crippen LogP contribution in [0.5, 0.6) is 0 Å². The molecule has 0 spiro atoms. The molecule has 0 bridgehead atoms. The molecule has 3 nitrogen and oxygen atoms in total. The Bertz CT molecular complexity index is 457. The highest BCUT2D eigenvalue weighted by atomic mass is 19.1. The van der Waals surface area contributed by atoms with Crippen LogP contribution in [-0.2, 0) is 4.79 Å². The summed E-state index contributed by atoms with van der Waals surface area (Å²) in [6.45, 7) is 4.07. The van der Waals surface area contributed by atoms with Crippen molar-refractivity contribution in [2.75, 3.05) is 11.9 Å². The third-order valence-electron chi connectivity index (χ3n) is 3.02. The number of hydrogen-bond acceptors (Lipinski definition) is 2. The lowest BCUT2D eigenvalue weighted by atomic mass is 10.1. The minimum absolute atomic E-state index is 0.250. The van der Waals surface area contributed by atoms with Crippen molar-refractivity contribution in [2.45, 2.75) is 26.3 Å². The van der Waals surface area contributed by atoms with Crippen LogP contribution in [0, 0.1) is 5.82 Å². The number of halogens is 1. The minimum atomic E-state index is -1.05. The second-order valence-corrected chi connectivity index (χ2v) is 4.25. The maximum absolute atomic E-state index is 13.9. The first kappa shape index (κ1) is 14.2. The molecule has 0 heterocycles. The maximum atomic E-state index is 13.9. The topological polar surface area (TPSA) is 40.5 Å². The molecule has 0 fully saturated rings. The Morgan fingerprint density at radius 1 is 1.56 bits per heavy atom. The quantitative estimate of drug-likeness (QED) is 0.817. The second-order valence-electron chi connectivity index (χ2n) is 4.25. The summed E-state index contributed by atoms with van der Waals surface area (Å²) in [6, 6.07) is 4.97. The summed E-state index contributed by atoms with van der Waals surface area (Å²) in [6.07, 6.45) is 3.29. The number of hydrogen-bond donors (Lipinski definition) is 1. The molecule has 0 aliphatic heterocycles. The molecule has 1 unspecified atom stereocenters. The Morgan fingerprint density at radius 3 is 2.72 bits per heavy atom. The van der Waals surface area contributed by atoms with Crippen LogP contribution < -0.4 is 4.90 Å². The van der Waals surface area contributed by atoms with Crippen LogP contribution in [0.4, 0.5) is 10.1 Å². The lowest BCUT2D eigenvalue weighted by Crippen LogP contribution is -2.28. The number of aliphatic carboxylic acids is 1. The minimum Gasteiger partial charge on any atom is -0.478 e. The monoisotopic (exact) mass is 251 g/mol. The zero-order valence-electron chi connectivity index (χ0n) is 10.9. The summed E-state index contributed by atoms with van der Waals surface area (Å²) in [5, 5.41) is 8.50. The number of rotatable bonds is 5. The molecule has 1 aromatic carbocycles. The molecular formula is C14H18FNO2. The molecule has 1 atom stereocenters. The zero-order valence-corrected chi connectivity index (χ0v) is 10.9. The van der Waals surface area contributed by atoms with Gasteiger partial charge >= 0.3 is 5.97 Å². The summed E-state index contributed by atoms with van der Waals surface area (Å²) in [5.74, 6) is -1.39. The van der Waals surface area contributed by atoms with E-state index < -0.39 is 5.97 Å². The summed E-state index contributed by atoms with van der Waals surface area (Å²) in [7, 11) is 1.85. The molecule has 0 saturated carbocycles. The van der Waals surface area contributed by atoms with E-state index in [2.05, 4.69) is 0 Å². The van der Waals surface area contributed by atoms with Crippen molar-refractivity contribution in [2.24, 2.45) is 0 Å². The van der Waals surface area contributed by atoms with E-state index in [0.29, 0.717) is 11.3 Å². The molecule has 1 N–H and O–H groups in total. The van der Waals surface area contributed by atoms with Crippen molar-refractivity contribution in [3.63, 3.8) is 0 Å². The molecule has 0 aliphatic carbocycles. The van der Waals surface area contributed by atoms with Crippen molar-refractivity contribution in [3.8, 4) is 0 Å². The Labute approximate surface area is 107 Å². The van der Waals surface area contributed by atoms with E-state index in [4.69, 9.17) is 5.11 Å². The largest absolute Gasteiger partial charge is 0.478 e. The molecule has 0 aliphatic rings. The number of anilines is 1. The highest BCUT2D eigenvalue weighted by molar-refractivity contribution is 5.85. The van der Waals surface area contributed by atoms with Crippen LogP contribution in [0.25, 0.3) is 6.08 Å². The zero-order chi connectivity index (χ0) is 13.7. The van der Waals surface area contributed by atoms with Gasteiger partial charge in [0.1, 0.15) is 5.82 Å². The van der Waals surface area contributed by atoms with Gasteiger partial charge in [-0.25, -0.2) is 9.18 Å². The molecular weight excluding hydrogens is 233 g/mol. The SMILES string of the molecule is CCC(C)N(C)c1ccc(/C=C/C(=O)O)cc1F. The number of nitrogens with zero attached hydrogens (tertiary/aromatic N) is 1. The molecule has 0 amide bonds. The predicted molar refractivity (Wildman–Crippen MR) is 71.2 cm³/mol. The molecule has 98 valence electrons. The van der Waals surface area contributed by atoms with E-state index >= 15 is 0 Å². The van der Waals surface area contributed by atoms with Gasteiger partial charge in [0, 0.05) is 19.2 Å². The molecule has 1 rings (SSSR count). The van der Waals surface area contributed by atoms with Crippen LogP contribution in [0.3, 0.4) is 0 Å². The van der Waals surface area contributed by atoms with E-state index in [1.807, 2.05) is 25.8 Å². The second kappa shape index (κ2) is 6.19. The summed E-state index contributed by atoms with van der Waals surface area (Å²) < 4.78 is 13.9. The van der Waals surface area contributed by atoms with Gasteiger partial charge < -0.3 is 10.0 Å². The van der Waals surface area contributed by atoms with Crippen molar-refractivity contribution >= 4 is 17.7 Å². The van der Waals surface area contributed by atoms with Crippen LogP contribution >= 0.6 is 0 Å². The summed E-state index contributed by atoms with van der Waals surface area (Å²) >= 11 is 0. The first-order chi connectivity index (χ1) is 8.45. The first-order valence-electron chi connectivity index (χ1n) is 5.89. The fourth-order valence-corrected chi connectivity index (χ4v) is 1.59. The van der Waals surface area contributed by atoms with Crippen LogP contribution in [0.2, 0.25) is 0 Å². The van der Waals surface area contributed by atoms with E-state index in [1.54, 1.807) is 12.1 Å². The van der Waals surface area contributed by atoms with Crippen LogP contribution in [0.15, 0.2) is 24.3 Å². The van der Waals surface area contributed by atoms with Crippen molar-refractivity contribution in [3.05, 3.63) is 35.7 Å². The predicted octanol–water partition coefficient (Wildman–Crippen LogP) is 3.16. The Morgan fingerprint density at radius 2 is 2.22 bits per heavy atom. The van der Waals surface area contributed by atoms with Crippen molar-refractivity contribution < 1.29 is 14.3 Å². The fourth-order valence-electron chi connectivity index (χ4n) is 1.59. The number of carbonyl (C=O) groups is 1.